The quantitative estimate of drug-likeness (QED) is 0.461. The van der Waals surface area contributed by atoms with Crippen molar-refractivity contribution in [1.29, 1.82) is 0 Å². The second kappa shape index (κ2) is 9.08. The molecule has 5 N–H and O–H groups in total. The monoisotopic (exact) mass is 340 g/mol. The van der Waals surface area contributed by atoms with Gasteiger partial charge in [-0.3, -0.25) is 4.99 Å². The minimum atomic E-state index is -0.0394. The van der Waals surface area contributed by atoms with Gasteiger partial charge in [0.15, 0.2) is 5.96 Å². The number of nitrogens with zero attached hydrogens (tertiary/aromatic N) is 1. The van der Waals surface area contributed by atoms with Gasteiger partial charge in [0.1, 0.15) is 5.75 Å². The topological polar surface area (TPSA) is 82.7 Å². The van der Waals surface area contributed by atoms with Crippen LogP contribution in [0.25, 0.3) is 0 Å². The molecule has 0 spiro atoms. The number of phenols is 1. The third-order valence-electron chi connectivity index (χ3n) is 3.90. The minimum absolute atomic E-state index is 0.0394. The van der Waals surface area contributed by atoms with E-state index in [9.17, 15) is 5.11 Å². The molecule has 0 bridgehead atoms. The first-order chi connectivity index (χ1) is 12.0. The molecule has 0 unspecified atom stereocenters. The zero-order chi connectivity index (χ0) is 18.1. The van der Waals surface area contributed by atoms with Crippen LogP contribution in [0.5, 0.6) is 5.75 Å². The van der Waals surface area contributed by atoms with E-state index in [0.717, 1.165) is 30.2 Å². The summed E-state index contributed by atoms with van der Waals surface area (Å²) in [4.78, 5) is 4.68. The summed E-state index contributed by atoms with van der Waals surface area (Å²) in [6.45, 7) is 6.18. The Bertz CT molecular complexity index is 666. The number of aliphatic imine (C=N–C) groups is 1. The van der Waals surface area contributed by atoms with Crippen LogP contribution in [0, 0.1) is 5.41 Å². The van der Waals surface area contributed by atoms with Crippen molar-refractivity contribution >= 4 is 11.6 Å². The van der Waals surface area contributed by atoms with Crippen molar-refractivity contribution in [3.63, 3.8) is 0 Å². The predicted molar refractivity (Wildman–Crippen MR) is 105 cm³/mol. The number of aromatic hydroxyl groups is 1. The van der Waals surface area contributed by atoms with Crippen molar-refractivity contribution in [2.75, 3.05) is 25.0 Å². The Hall–Kier alpha value is -2.53. The maximum Gasteiger partial charge on any atom is 0.195 e. The average molecular weight is 340 g/mol. The Morgan fingerprint density at radius 2 is 1.76 bits per heavy atom. The lowest BCUT2D eigenvalue weighted by atomic mass is 9.94. The van der Waals surface area contributed by atoms with Gasteiger partial charge in [0.05, 0.1) is 0 Å². The number of guanidine groups is 1. The van der Waals surface area contributed by atoms with Gasteiger partial charge in [0, 0.05) is 18.8 Å². The Balaban J connectivity index is 1.98. The van der Waals surface area contributed by atoms with E-state index in [1.54, 1.807) is 12.1 Å². The summed E-state index contributed by atoms with van der Waals surface area (Å²) < 4.78 is 0. The highest BCUT2D eigenvalue weighted by Gasteiger charge is 2.15. The third-order valence-corrected chi connectivity index (χ3v) is 3.90. The number of hydrogen-bond acceptors (Lipinski definition) is 3. The van der Waals surface area contributed by atoms with Crippen molar-refractivity contribution in [3.8, 4) is 5.75 Å². The summed E-state index contributed by atoms with van der Waals surface area (Å²) in [5, 5.41) is 16.0. The fourth-order valence-electron chi connectivity index (χ4n) is 2.14. The molecule has 25 heavy (non-hydrogen) atoms. The van der Waals surface area contributed by atoms with Gasteiger partial charge >= 0.3 is 0 Å². The zero-order valence-corrected chi connectivity index (χ0v) is 15.0. The molecule has 134 valence electrons. The van der Waals surface area contributed by atoms with Crippen molar-refractivity contribution in [2.24, 2.45) is 16.1 Å². The highest BCUT2D eigenvalue weighted by molar-refractivity contribution is 5.93. The summed E-state index contributed by atoms with van der Waals surface area (Å²) in [7, 11) is 0. The lowest BCUT2D eigenvalue weighted by molar-refractivity contribution is 0.393. The molecule has 0 aliphatic rings. The van der Waals surface area contributed by atoms with Gasteiger partial charge in [-0.2, -0.15) is 0 Å². The number of phenolic OH excluding ortho intramolecular Hbond substituents is 1. The van der Waals surface area contributed by atoms with Crippen LogP contribution in [0.1, 0.15) is 19.4 Å². The standard InChI is InChI=1S/C20H28N4O/c1-20(2,14-21)15-23-19(24-17-6-4-3-5-7-17)22-13-12-16-8-10-18(25)11-9-16/h3-11,25H,12-15,21H2,1-2H3,(H2,22,23,24). The SMILES string of the molecule is CC(C)(CN)CN=C(NCCc1ccc(O)cc1)Nc1ccccc1. The number of hydrogen-bond donors (Lipinski definition) is 4. The minimum Gasteiger partial charge on any atom is -0.508 e. The zero-order valence-electron chi connectivity index (χ0n) is 15.0. The van der Waals surface area contributed by atoms with Crippen molar-refractivity contribution < 1.29 is 5.11 Å². The van der Waals surface area contributed by atoms with Crippen LogP contribution in [-0.2, 0) is 6.42 Å². The van der Waals surface area contributed by atoms with Gasteiger partial charge in [-0.25, -0.2) is 0 Å². The molecule has 0 aromatic heterocycles. The van der Waals surface area contributed by atoms with Crippen molar-refractivity contribution in [1.82, 2.24) is 5.32 Å². The molecule has 5 nitrogen and oxygen atoms in total. The van der Waals surface area contributed by atoms with E-state index in [4.69, 9.17) is 5.73 Å². The van der Waals surface area contributed by atoms with Gasteiger partial charge in [0.25, 0.3) is 0 Å². The molecule has 0 amide bonds. The van der Waals surface area contributed by atoms with Crippen LogP contribution in [0.2, 0.25) is 0 Å². The number of nitrogens with two attached hydrogens (primary N) is 1. The third kappa shape index (κ3) is 6.85. The van der Waals surface area contributed by atoms with E-state index >= 15 is 0 Å². The summed E-state index contributed by atoms with van der Waals surface area (Å²) in [5.41, 5.74) is 7.91. The fourth-order valence-corrected chi connectivity index (χ4v) is 2.14. The number of para-hydroxylation sites is 1. The highest BCUT2D eigenvalue weighted by Crippen LogP contribution is 2.13. The van der Waals surface area contributed by atoms with Crippen molar-refractivity contribution in [2.45, 2.75) is 20.3 Å². The molecule has 0 aliphatic carbocycles. The highest BCUT2D eigenvalue weighted by atomic mass is 16.3. The van der Waals surface area contributed by atoms with Crippen molar-refractivity contribution in [3.05, 3.63) is 60.2 Å². The Kier molecular flexibility index (Phi) is 6.83. The molecule has 2 aromatic rings. The first kappa shape index (κ1) is 18.8. The smallest absolute Gasteiger partial charge is 0.195 e. The molecule has 0 saturated carbocycles. The molecule has 0 saturated heterocycles. The first-order valence-corrected chi connectivity index (χ1v) is 8.57. The van der Waals surface area contributed by atoms with E-state index in [-0.39, 0.29) is 11.2 Å². The Morgan fingerprint density at radius 1 is 1.08 bits per heavy atom. The lowest BCUT2D eigenvalue weighted by Gasteiger charge is -2.21. The Labute approximate surface area is 150 Å². The molecule has 5 heteroatoms. The second-order valence-corrected chi connectivity index (χ2v) is 6.87. The second-order valence-electron chi connectivity index (χ2n) is 6.87. The number of rotatable bonds is 7. The molecule has 0 fully saturated rings. The summed E-state index contributed by atoms with van der Waals surface area (Å²) >= 11 is 0. The van der Waals surface area contributed by atoms with E-state index in [1.807, 2.05) is 42.5 Å². The van der Waals surface area contributed by atoms with E-state index in [2.05, 4.69) is 29.5 Å². The average Bonchev–Trinajstić information content (AvgIpc) is 2.62. The first-order valence-electron chi connectivity index (χ1n) is 8.57. The maximum absolute atomic E-state index is 9.35. The van der Waals surface area contributed by atoms with Gasteiger partial charge < -0.3 is 21.5 Å². The van der Waals surface area contributed by atoms with E-state index < -0.39 is 0 Å². The van der Waals surface area contributed by atoms with Crippen LogP contribution in [0.15, 0.2) is 59.6 Å². The molecule has 0 radical (unpaired) electrons. The largest absolute Gasteiger partial charge is 0.508 e. The normalized spacial score (nSPS) is 12.0. The number of anilines is 1. The van der Waals surface area contributed by atoms with Crippen LogP contribution in [0.3, 0.4) is 0 Å². The van der Waals surface area contributed by atoms with Gasteiger partial charge in [0.2, 0.25) is 0 Å². The van der Waals surface area contributed by atoms with Gasteiger partial charge in [-0.1, -0.05) is 44.2 Å². The van der Waals surface area contributed by atoms with Gasteiger partial charge in [-0.15, -0.1) is 0 Å². The summed E-state index contributed by atoms with van der Waals surface area (Å²) in [6, 6.07) is 17.2. The molecule has 2 rings (SSSR count). The number of nitrogens with one attached hydrogen (secondary N) is 2. The predicted octanol–water partition coefficient (Wildman–Crippen LogP) is 2.98. The molecule has 0 atom stereocenters. The fraction of sp³-hybridized carbons (Fsp3) is 0.350. The van der Waals surface area contributed by atoms with Crippen LogP contribution in [0.4, 0.5) is 5.69 Å². The molecular weight excluding hydrogens is 312 g/mol. The van der Waals surface area contributed by atoms with E-state index in [1.165, 1.54) is 0 Å². The number of benzene rings is 2. The maximum atomic E-state index is 9.35. The van der Waals surface area contributed by atoms with Crippen LogP contribution < -0.4 is 16.4 Å². The molecule has 2 aromatic carbocycles. The van der Waals surface area contributed by atoms with Crippen LogP contribution in [-0.4, -0.2) is 30.7 Å². The summed E-state index contributed by atoms with van der Waals surface area (Å²) in [5.74, 6) is 1.03. The molecule has 0 aliphatic heterocycles. The lowest BCUT2D eigenvalue weighted by Crippen LogP contribution is -2.35. The molecule has 0 heterocycles. The molecular formula is C20H28N4O. The van der Waals surface area contributed by atoms with Crippen LogP contribution >= 0.6 is 0 Å². The van der Waals surface area contributed by atoms with E-state index in [0.29, 0.717) is 13.1 Å². The van der Waals surface area contributed by atoms with Gasteiger partial charge in [-0.05, 0) is 48.2 Å². The summed E-state index contributed by atoms with van der Waals surface area (Å²) in [6.07, 6.45) is 0.843. The Morgan fingerprint density at radius 3 is 2.40 bits per heavy atom.